The molecular weight excluding hydrogens is 376 g/mol. The Kier molecular flexibility index (Phi) is 8.16. The van der Waals surface area contributed by atoms with E-state index in [-0.39, 0.29) is 23.1 Å². The number of amides is 2. The number of alkyl carbamates (subject to hydrolysis) is 1. The van der Waals surface area contributed by atoms with E-state index in [0.717, 1.165) is 11.3 Å². The van der Waals surface area contributed by atoms with Crippen LogP contribution in [0.25, 0.3) is 0 Å². The molecule has 1 aromatic heterocycles. The van der Waals surface area contributed by atoms with Crippen LogP contribution in [0.4, 0.5) is 9.93 Å². The van der Waals surface area contributed by atoms with Crippen LogP contribution in [0.15, 0.2) is 10.5 Å². The van der Waals surface area contributed by atoms with Crippen molar-refractivity contribution in [2.75, 3.05) is 19.0 Å². The Hall–Kier alpha value is -2.69. The largest absolute Gasteiger partial charge is 0.461 e. The lowest BCUT2D eigenvalue weighted by atomic mass is 10.2. The highest BCUT2D eigenvalue weighted by Crippen LogP contribution is 2.17. The molecule has 2 amide bonds. The van der Waals surface area contributed by atoms with Gasteiger partial charge in [0, 0.05) is 5.38 Å². The van der Waals surface area contributed by atoms with Crippen LogP contribution in [-0.2, 0) is 23.9 Å². The number of aromatic nitrogens is 1. The number of oxime groups is 1. The summed E-state index contributed by atoms with van der Waals surface area (Å²) in [6.07, 6.45) is -0.707. The van der Waals surface area contributed by atoms with Gasteiger partial charge in [-0.05, 0) is 34.6 Å². The van der Waals surface area contributed by atoms with E-state index < -0.39 is 29.6 Å². The highest BCUT2D eigenvalue weighted by Gasteiger charge is 2.23. The summed E-state index contributed by atoms with van der Waals surface area (Å²) in [5.74, 6) is -1.19. The number of carbonyl (C=O) groups is 3. The maximum absolute atomic E-state index is 12.2. The third-order valence-electron chi connectivity index (χ3n) is 2.75. The van der Waals surface area contributed by atoms with Crippen molar-refractivity contribution in [2.45, 2.75) is 46.3 Å². The monoisotopic (exact) mass is 400 g/mol. The second-order valence-corrected chi connectivity index (χ2v) is 7.10. The Morgan fingerprint density at radius 3 is 2.56 bits per heavy atom. The molecule has 1 rings (SSSR count). The van der Waals surface area contributed by atoms with Crippen LogP contribution in [0.3, 0.4) is 0 Å². The van der Waals surface area contributed by atoms with E-state index in [9.17, 15) is 14.4 Å². The van der Waals surface area contributed by atoms with E-state index in [1.54, 1.807) is 27.7 Å². The number of anilines is 1. The van der Waals surface area contributed by atoms with E-state index in [1.807, 2.05) is 0 Å². The normalized spacial score (nSPS) is 12.7. The van der Waals surface area contributed by atoms with Crippen molar-refractivity contribution in [3.05, 3.63) is 11.1 Å². The smallest absolute Gasteiger partial charge is 0.408 e. The van der Waals surface area contributed by atoms with Crippen LogP contribution in [-0.4, -0.2) is 54.0 Å². The number of carbonyl (C=O) groups excluding carboxylic acids is 3. The molecule has 0 aliphatic heterocycles. The first kappa shape index (κ1) is 22.4. The van der Waals surface area contributed by atoms with E-state index in [0.29, 0.717) is 0 Å². The molecule has 1 heterocycles. The summed E-state index contributed by atoms with van der Waals surface area (Å²) in [4.78, 5) is 44.6. The van der Waals surface area contributed by atoms with Crippen molar-refractivity contribution >= 4 is 40.1 Å². The van der Waals surface area contributed by atoms with Crippen molar-refractivity contribution in [2.24, 2.45) is 5.16 Å². The first-order valence-electron chi connectivity index (χ1n) is 8.12. The number of hydrogen-bond donors (Lipinski definition) is 2. The van der Waals surface area contributed by atoms with Crippen LogP contribution >= 0.6 is 11.3 Å². The Morgan fingerprint density at radius 2 is 2.00 bits per heavy atom. The standard InChI is InChI=1S/C16H24N4O6S/c1-7-25-13(22)11(20-24-6)10-8-27-14(18-10)19-12(21)9(2)17-15(23)26-16(3,4)5/h8-9H,7H2,1-6H3,(H,17,23)(H,18,19,21)/b20-11+/t9-/m0/s1. The van der Waals surface area contributed by atoms with E-state index in [2.05, 4.69) is 25.6 Å². The Bertz CT molecular complexity index is 710. The summed E-state index contributed by atoms with van der Waals surface area (Å²) in [7, 11) is 1.29. The van der Waals surface area contributed by atoms with Gasteiger partial charge in [0.05, 0.1) is 6.61 Å². The third-order valence-corrected chi connectivity index (χ3v) is 3.51. The molecule has 0 spiro atoms. The highest BCUT2D eigenvalue weighted by molar-refractivity contribution is 7.14. The molecule has 11 heteroatoms. The van der Waals surface area contributed by atoms with Gasteiger partial charge in [0.15, 0.2) is 5.13 Å². The molecular formula is C16H24N4O6S. The first-order valence-corrected chi connectivity index (χ1v) is 9.00. The lowest BCUT2D eigenvalue weighted by molar-refractivity contribution is -0.135. The quantitative estimate of drug-likeness (QED) is 0.406. The Labute approximate surface area is 161 Å². The van der Waals surface area contributed by atoms with Crippen molar-refractivity contribution in [1.29, 1.82) is 0 Å². The van der Waals surface area contributed by atoms with Crippen molar-refractivity contribution in [3.63, 3.8) is 0 Å². The van der Waals surface area contributed by atoms with Gasteiger partial charge in [-0.25, -0.2) is 14.6 Å². The lowest BCUT2D eigenvalue weighted by Gasteiger charge is -2.21. The summed E-state index contributed by atoms with van der Waals surface area (Å²) in [5, 5.41) is 10.3. The van der Waals surface area contributed by atoms with Gasteiger partial charge in [-0.1, -0.05) is 5.16 Å². The van der Waals surface area contributed by atoms with Crippen LogP contribution in [0, 0.1) is 0 Å². The van der Waals surface area contributed by atoms with E-state index in [1.165, 1.54) is 19.4 Å². The first-order chi connectivity index (χ1) is 12.6. The second kappa shape index (κ2) is 9.86. The molecule has 0 unspecified atom stereocenters. The molecule has 150 valence electrons. The van der Waals surface area contributed by atoms with Gasteiger partial charge in [0.1, 0.15) is 24.4 Å². The SMILES string of the molecule is CCOC(=O)/C(=N/OC)c1csc(NC(=O)[C@H](C)NC(=O)OC(C)(C)C)n1. The van der Waals surface area contributed by atoms with Gasteiger partial charge in [0.2, 0.25) is 11.6 Å². The fraction of sp³-hybridized carbons (Fsp3) is 0.562. The van der Waals surface area contributed by atoms with Crippen molar-refractivity contribution < 1.29 is 28.7 Å². The fourth-order valence-corrected chi connectivity index (χ4v) is 2.38. The summed E-state index contributed by atoms with van der Waals surface area (Å²) in [5.41, 5.74) is -0.589. The Balaban J connectivity index is 2.75. The minimum atomic E-state index is -0.857. The van der Waals surface area contributed by atoms with Gasteiger partial charge in [-0.15, -0.1) is 11.3 Å². The van der Waals surface area contributed by atoms with Crippen LogP contribution < -0.4 is 10.6 Å². The zero-order valence-electron chi connectivity index (χ0n) is 16.1. The third kappa shape index (κ3) is 7.60. The molecule has 2 N–H and O–H groups in total. The van der Waals surface area contributed by atoms with Crippen LogP contribution in [0.1, 0.15) is 40.3 Å². The highest BCUT2D eigenvalue weighted by atomic mass is 32.1. The average Bonchev–Trinajstić information content (AvgIpc) is 2.98. The molecule has 0 fully saturated rings. The molecule has 0 aromatic carbocycles. The van der Waals surface area contributed by atoms with Crippen molar-refractivity contribution in [3.8, 4) is 0 Å². The predicted molar refractivity (Wildman–Crippen MR) is 99.8 cm³/mol. The molecule has 27 heavy (non-hydrogen) atoms. The number of esters is 1. The van der Waals surface area contributed by atoms with Crippen molar-refractivity contribution in [1.82, 2.24) is 10.3 Å². The Morgan fingerprint density at radius 1 is 1.33 bits per heavy atom. The van der Waals surface area contributed by atoms with Gasteiger partial charge in [0.25, 0.3) is 0 Å². The fourth-order valence-electron chi connectivity index (χ4n) is 1.68. The molecule has 1 aromatic rings. The predicted octanol–water partition coefficient (Wildman–Crippen LogP) is 1.91. The zero-order valence-corrected chi connectivity index (χ0v) is 16.9. The molecule has 0 saturated carbocycles. The van der Waals surface area contributed by atoms with Gasteiger partial charge in [-0.2, -0.15) is 0 Å². The number of nitrogens with zero attached hydrogens (tertiary/aromatic N) is 2. The summed E-state index contributed by atoms with van der Waals surface area (Å²) in [6, 6.07) is -0.857. The van der Waals surface area contributed by atoms with Gasteiger partial charge >= 0.3 is 12.1 Å². The zero-order chi connectivity index (χ0) is 20.6. The number of hydrogen-bond acceptors (Lipinski definition) is 9. The molecule has 10 nitrogen and oxygen atoms in total. The maximum atomic E-state index is 12.2. The number of ether oxygens (including phenoxy) is 2. The molecule has 0 aliphatic carbocycles. The molecule has 0 aliphatic rings. The topological polar surface area (TPSA) is 128 Å². The van der Waals surface area contributed by atoms with Gasteiger partial charge in [-0.3, -0.25) is 4.79 Å². The number of rotatable bonds is 7. The molecule has 0 saturated heterocycles. The van der Waals surface area contributed by atoms with E-state index in [4.69, 9.17) is 9.47 Å². The minimum Gasteiger partial charge on any atom is -0.461 e. The lowest BCUT2D eigenvalue weighted by Crippen LogP contribution is -2.43. The van der Waals surface area contributed by atoms with Gasteiger partial charge < -0.3 is 24.9 Å². The number of thiazole rings is 1. The van der Waals surface area contributed by atoms with E-state index >= 15 is 0 Å². The summed E-state index contributed by atoms with van der Waals surface area (Å²) < 4.78 is 9.99. The second-order valence-electron chi connectivity index (χ2n) is 6.24. The summed E-state index contributed by atoms with van der Waals surface area (Å²) >= 11 is 1.08. The minimum absolute atomic E-state index is 0.115. The molecule has 1 atom stereocenters. The summed E-state index contributed by atoms with van der Waals surface area (Å²) in [6.45, 7) is 8.49. The number of nitrogens with one attached hydrogen (secondary N) is 2. The molecule has 0 radical (unpaired) electrons. The average molecular weight is 400 g/mol. The van der Waals surface area contributed by atoms with Crippen LogP contribution in [0.2, 0.25) is 0 Å². The molecule has 0 bridgehead atoms. The van der Waals surface area contributed by atoms with Crippen LogP contribution in [0.5, 0.6) is 0 Å². The maximum Gasteiger partial charge on any atom is 0.408 e.